The summed E-state index contributed by atoms with van der Waals surface area (Å²) in [5.41, 5.74) is 1.45. The van der Waals surface area contributed by atoms with Crippen LogP contribution in [0.1, 0.15) is 41.3 Å². The van der Waals surface area contributed by atoms with Crippen LogP contribution in [0.4, 0.5) is 0 Å². The zero-order valence-corrected chi connectivity index (χ0v) is 14.5. The third-order valence-corrected chi connectivity index (χ3v) is 5.31. The molecule has 0 bridgehead atoms. The summed E-state index contributed by atoms with van der Waals surface area (Å²) in [6.07, 6.45) is 7.06. The number of rotatable bonds is 3. The number of nitrogens with zero attached hydrogens (tertiary/aromatic N) is 3. The van der Waals surface area contributed by atoms with Gasteiger partial charge in [0.15, 0.2) is 11.6 Å². The Balaban J connectivity index is 1.33. The lowest BCUT2D eigenvalue weighted by Crippen LogP contribution is -2.46. The van der Waals surface area contributed by atoms with Gasteiger partial charge in [-0.15, -0.1) is 0 Å². The second-order valence-electron chi connectivity index (χ2n) is 7.13. The number of piperidine rings is 1. The summed E-state index contributed by atoms with van der Waals surface area (Å²) in [7, 11) is 0. The lowest BCUT2D eigenvalue weighted by molar-refractivity contribution is -0.0391. The first-order valence-corrected chi connectivity index (χ1v) is 8.89. The van der Waals surface area contributed by atoms with Crippen molar-refractivity contribution >= 4 is 5.91 Å². The summed E-state index contributed by atoms with van der Waals surface area (Å²) >= 11 is 0. The Labute approximate surface area is 147 Å². The average molecular weight is 341 g/mol. The molecule has 6 heteroatoms. The van der Waals surface area contributed by atoms with Crippen molar-refractivity contribution in [3.8, 4) is 0 Å². The Kier molecular flexibility index (Phi) is 4.29. The fourth-order valence-corrected chi connectivity index (χ4v) is 3.97. The lowest BCUT2D eigenvalue weighted by Gasteiger charge is -2.38. The smallest absolute Gasteiger partial charge is 0.275 e. The van der Waals surface area contributed by atoms with E-state index in [0.29, 0.717) is 30.6 Å². The van der Waals surface area contributed by atoms with E-state index < -0.39 is 0 Å². The topological polar surface area (TPSA) is 68.5 Å². The number of likely N-dealkylation sites (tertiary alicyclic amines) is 1. The minimum absolute atomic E-state index is 0.0465. The molecule has 2 fully saturated rings. The van der Waals surface area contributed by atoms with Crippen molar-refractivity contribution in [3.63, 3.8) is 0 Å². The van der Waals surface area contributed by atoms with E-state index >= 15 is 0 Å². The van der Waals surface area contributed by atoms with Crippen molar-refractivity contribution in [3.05, 3.63) is 47.9 Å². The van der Waals surface area contributed by atoms with E-state index in [-0.39, 0.29) is 11.5 Å². The zero-order valence-electron chi connectivity index (χ0n) is 14.5. The quantitative estimate of drug-likeness (QED) is 0.858. The van der Waals surface area contributed by atoms with Gasteiger partial charge in [0.1, 0.15) is 6.26 Å². The standard InChI is InChI=1S/C19H23N3O3/c1-14-21-17(13-24-14)18(23)22-8-5-19(6-9-22)11-15(12-25-19)10-16-4-2-3-7-20-16/h2-4,7,13,15H,5-6,8-12H2,1H3. The molecule has 0 N–H and O–H groups in total. The Morgan fingerprint density at radius 1 is 1.36 bits per heavy atom. The Bertz CT molecular complexity index is 735. The maximum atomic E-state index is 12.5. The van der Waals surface area contributed by atoms with Crippen molar-refractivity contribution in [1.82, 2.24) is 14.9 Å². The Morgan fingerprint density at radius 3 is 2.88 bits per heavy atom. The van der Waals surface area contributed by atoms with Gasteiger partial charge in [-0.25, -0.2) is 4.98 Å². The maximum absolute atomic E-state index is 12.5. The third kappa shape index (κ3) is 3.44. The predicted molar refractivity (Wildman–Crippen MR) is 91.1 cm³/mol. The maximum Gasteiger partial charge on any atom is 0.275 e. The monoisotopic (exact) mass is 341 g/mol. The highest BCUT2D eigenvalue weighted by atomic mass is 16.5. The molecule has 4 heterocycles. The van der Waals surface area contributed by atoms with Crippen molar-refractivity contribution in [2.75, 3.05) is 19.7 Å². The van der Waals surface area contributed by atoms with Gasteiger partial charge in [-0.1, -0.05) is 6.07 Å². The van der Waals surface area contributed by atoms with Gasteiger partial charge in [-0.3, -0.25) is 9.78 Å². The fourth-order valence-electron chi connectivity index (χ4n) is 3.97. The summed E-state index contributed by atoms with van der Waals surface area (Å²) in [4.78, 5) is 22.9. The predicted octanol–water partition coefficient (Wildman–Crippen LogP) is 2.63. The fraction of sp³-hybridized carbons (Fsp3) is 0.526. The molecule has 0 aliphatic carbocycles. The third-order valence-electron chi connectivity index (χ3n) is 5.31. The summed E-state index contributed by atoms with van der Waals surface area (Å²) < 4.78 is 11.4. The Morgan fingerprint density at radius 2 is 2.20 bits per heavy atom. The van der Waals surface area contributed by atoms with Crippen LogP contribution in [0.25, 0.3) is 0 Å². The molecule has 4 rings (SSSR count). The van der Waals surface area contributed by atoms with E-state index in [0.717, 1.165) is 38.0 Å². The highest BCUT2D eigenvalue weighted by molar-refractivity contribution is 5.92. The van der Waals surface area contributed by atoms with Gasteiger partial charge < -0.3 is 14.1 Å². The van der Waals surface area contributed by atoms with E-state index in [2.05, 4.69) is 16.0 Å². The molecule has 1 unspecified atom stereocenters. The van der Waals surface area contributed by atoms with E-state index in [1.165, 1.54) is 6.26 Å². The molecule has 0 radical (unpaired) electrons. The van der Waals surface area contributed by atoms with Gasteiger partial charge in [0.25, 0.3) is 5.91 Å². The van der Waals surface area contributed by atoms with Gasteiger partial charge in [-0.05, 0) is 43.7 Å². The van der Waals surface area contributed by atoms with E-state index in [4.69, 9.17) is 9.15 Å². The normalized spacial score (nSPS) is 22.4. The van der Waals surface area contributed by atoms with Crippen LogP contribution < -0.4 is 0 Å². The molecule has 1 atom stereocenters. The van der Waals surface area contributed by atoms with Crippen LogP contribution in [-0.2, 0) is 11.2 Å². The molecule has 1 amide bonds. The molecule has 132 valence electrons. The molecular formula is C19H23N3O3. The largest absolute Gasteiger partial charge is 0.448 e. The van der Waals surface area contributed by atoms with E-state index in [9.17, 15) is 4.79 Å². The first-order valence-electron chi connectivity index (χ1n) is 8.89. The molecule has 0 aromatic carbocycles. The Hall–Kier alpha value is -2.21. The number of carbonyl (C=O) groups is 1. The molecule has 25 heavy (non-hydrogen) atoms. The summed E-state index contributed by atoms with van der Waals surface area (Å²) in [6, 6.07) is 6.05. The van der Waals surface area contributed by atoms with E-state index in [1.54, 1.807) is 6.92 Å². The molecule has 2 aliphatic heterocycles. The van der Waals surface area contributed by atoms with Gasteiger partial charge in [0, 0.05) is 31.9 Å². The van der Waals surface area contributed by atoms with E-state index in [1.807, 2.05) is 23.2 Å². The number of hydrogen-bond acceptors (Lipinski definition) is 5. The van der Waals surface area contributed by atoms with Crippen molar-refractivity contribution in [2.45, 2.75) is 38.2 Å². The zero-order chi connectivity index (χ0) is 17.3. The summed E-state index contributed by atoms with van der Waals surface area (Å²) in [6.45, 7) is 3.95. The number of carbonyl (C=O) groups excluding carboxylic acids is 1. The van der Waals surface area contributed by atoms with Crippen LogP contribution in [-0.4, -0.2) is 46.1 Å². The van der Waals surface area contributed by atoms with Crippen molar-refractivity contribution in [1.29, 1.82) is 0 Å². The van der Waals surface area contributed by atoms with Gasteiger partial charge >= 0.3 is 0 Å². The van der Waals surface area contributed by atoms with Gasteiger partial charge in [0.05, 0.1) is 12.2 Å². The van der Waals surface area contributed by atoms with Crippen LogP contribution in [0.2, 0.25) is 0 Å². The first-order chi connectivity index (χ1) is 12.1. The number of aryl methyl sites for hydroxylation is 1. The molecule has 2 aliphatic rings. The summed E-state index contributed by atoms with van der Waals surface area (Å²) in [5, 5.41) is 0. The molecule has 2 aromatic heterocycles. The molecular weight excluding hydrogens is 318 g/mol. The van der Waals surface area contributed by atoms with Crippen LogP contribution in [0.15, 0.2) is 35.1 Å². The highest BCUT2D eigenvalue weighted by Crippen LogP contribution is 2.39. The molecule has 2 saturated heterocycles. The van der Waals surface area contributed by atoms with Crippen molar-refractivity contribution in [2.24, 2.45) is 5.92 Å². The van der Waals surface area contributed by atoms with Crippen molar-refractivity contribution < 1.29 is 13.9 Å². The molecule has 0 saturated carbocycles. The lowest BCUT2D eigenvalue weighted by atomic mass is 9.84. The molecule has 6 nitrogen and oxygen atoms in total. The summed E-state index contributed by atoms with van der Waals surface area (Å²) in [5.74, 6) is 0.985. The number of amides is 1. The first kappa shape index (κ1) is 16.3. The average Bonchev–Trinajstić information content (AvgIpc) is 3.23. The van der Waals surface area contributed by atoms with Crippen LogP contribution in [0.5, 0.6) is 0 Å². The molecule has 1 spiro atoms. The number of hydrogen-bond donors (Lipinski definition) is 0. The number of aromatic nitrogens is 2. The minimum atomic E-state index is -0.0734. The van der Waals surface area contributed by atoms with Gasteiger partial charge in [0.2, 0.25) is 0 Å². The number of oxazole rings is 1. The van der Waals surface area contributed by atoms with Crippen LogP contribution in [0.3, 0.4) is 0 Å². The SMILES string of the molecule is Cc1nc(C(=O)N2CCC3(CC2)CC(Cc2ccccn2)CO3)co1. The highest BCUT2D eigenvalue weighted by Gasteiger charge is 2.43. The second kappa shape index (κ2) is 6.59. The van der Waals surface area contributed by atoms with Crippen LogP contribution in [0, 0.1) is 12.8 Å². The number of pyridine rings is 1. The second-order valence-corrected chi connectivity index (χ2v) is 7.13. The number of ether oxygens (including phenoxy) is 1. The van der Waals surface area contributed by atoms with Gasteiger partial charge in [-0.2, -0.15) is 0 Å². The van der Waals surface area contributed by atoms with Crippen LogP contribution >= 0.6 is 0 Å². The minimum Gasteiger partial charge on any atom is -0.448 e. The molecule has 2 aromatic rings.